The van der Waals surface area contributed by atoms with E-state index in [1.807, 2.05) is 0 Å². The summed E-state index contributed by atoms with van der Waals surface area (Å²) in [6, 6.07) is 0. The zero-order chi connectivity index (χ0) is 11.4. The Hall–Kier alpha value is -0.450. The number of methoxy groups -OCH3 is 1. The molecule has 92 valence electrons. The fourth-order valence-electron chi connectivity index (χ4n) is 2.71. The third-order valence-electron chi connectivity index (χ3n) is 3.48. The summed E-state index contributed by atoms with van der Waals surface area (Å²) < 4.78 is 16.1. The van der Waals surface area contributed by atoms with E-state index in [0.717, 1.165) is 32.5 Å². The average Bonchev–Trinajstić information content (AvgIpc) is 2.66. The van der Waals surface area contributed by atoms with Crippen LogP contribution < -0.4 is 0 Å². The van der Waals surface area contributed by atoms with Gasteiger partial charge in [-0.1, -0.05) is 0 Å². The average molecular weight is 228 g/mol. The van der Waals surface area contributed by atoms with Gasteiger partial charge in [0.15, 0.2) is 5.78 Å². The molecule has 0 aliphatic carbocycles. The van der Waals surface area contributed by atoms with E-state index in [1.54, 1.807) is 7.11 Å². The summed E-state index contributed by atoms with van der Waals surface area (Å²) in [7, 11) is 1.56. The van der Waals surface area contributed by atoms with Gasteiger partial charge in [-0.25, -0.2) is 0 Å². The van der Waals surface area contributed by atoms with E-state index in [4.69, 9.17) is 14.2 Å². The Kier molecular flexibility index (Phi) is 3.95. The molecule has 0 amide bonds. The van der Waals surface area contributed by atoms with Crippen molar-refractivity contribution in [2.45, 2.75) is 31.3 Å². The Morgan fingerprint density at radius 2 is 2.38 bits per heavy atom. The molecule has 2 heterocycles. The molecule has 0 bridgehead atoms. The minimum Gasteiger partial charge on any atom is -0.378 e. The highest BCUT2D eigenvalue weighted by Gasteiger charge is 2.41. The molecule has 2 saturated heterocycles. The molecule has 0 N–H and O–H groups in total. The molecule has 4 nitrogen and oxygen atoms in total. The number of ketones is 1. The van der Waals surface area contributed by atoms with Crippen LogP contribution in [-0.4, -0.2) is 44.9 Å². The van der Waals surface area contributed by atoms with Gasteiger partial charge >= 0.3 is 0 Å². The fourth-order valence-corrected chi connectivity index (χ4v) is 2.71. The molecule has 16 heavy (non-hydrogen) atoms. The summed E-state index contributed by atoms with van der Waals surface area (Å²) in [6.45, 7) is 2.48. The summed E-state index contributed by atoms with van der Waals surface area (Å²) in [4.78, 5) is 11.5. The summed E-state index contributed by atoms with van der Waals surface area (Å²) in [5, 5.41) is 0. The lowest BCUT2D eigenvalue weighted by Crippen LogP contribution is -2.41. The highest BCUT2D eigenvalue weighted by molar-refractivity contribution is 5.79. The van der Waals surface area contributed by atoms with Crippen LogP contribution in [0.3, 0.4) is 0 Å². The van der Waals surface area contributed by atoms with E-state index in [0.29, 0.717) is 18.9 Å². The van der Waals surface area contributed by atoms with Gasteiger partial charge < -0.3 is 14.2 Å². The van der Waals surface area contributed by atoms with Crippen LogP contribution in [0.15, 0.2) is 0 Å². The van der Waals surface area contributed by atoms with Gasteiger partial charge in [0.05, 0.1) is 12.2 Å². The largest absolute Gasteiger partial charge is 0.378 e. The van der Waals surface area contributed by atoms with Gasteiger partial charge in [-0.3, -0.25) is 4.79 Å². The van der Waals surface area contributed by atoms with Crippen LogP contribution in [0.1, 0.15) is 25.7 Å². The maximum absolute atomic E-state index is 11.5. The van der Waals surface area contributed by atoms with Crippen molar-refractivity contribution in [2.75, 3.05) is 33.5 Å². The van der Waals surface area contributed by atoms with Crippen LogP contribution in [0.2, 0.25) is 0 Å². The van der Waals surface area contributed by atoms with Crippen molar-refractivity contribution in [1.29, 1.82) is 0 Å². The van der Waals surface area contributed by atoms with Crippen LogP contribution in [0, 0.1) is 5.92 Å². The van der Waals surface area contributed by atoms with Gasteiger partial charge in [0.2, 0.25) is 0 Å². The van der Waals surface area contributed by atoms with Crippen LogP contribution in [-0.2, 0) is 19.0 Å². The zero-order valence-corrected chi connectivity index (χ0v) is 9.87. The molecule has 0 aromatic rings. The van der Waals surface area contributed by atoms with Crippen LogP contribution in [0.4, 0.5) is 0 Å². The molecule has 0 saturated carbocycles. The standard InChI is InChI=1S/C12H20O4/c1-14-8-11(13)6-10-2-4-16-12(7-10)3-5-15-9-12/h10H,2-9H2,1H3. The second-order valence-electron chi connectivity index (χ2n) is 4.87. The molecule has 2 rings (SSSR count). The normalized spacial score (nSPS) is 34.4. The summed E-state index contributed by atoms with van der Waals surface area (Å²) in [5.41, 5.74) is -0.0870. The minimum atomic E-state index is -0.0870. The number of ether oxygens (including phenoxy) is 3. The molecular formula is C12H20O4. The molecule has 0 radical (unpaired) electrons. The van der Waals surface area contributed by atoms with E-state index in [-0.39, 0.29) is 18.0 Å². The summed E-state index contributed by atoms with van der Waals surface area (Å²) in [5.74, 6) is 0.640. The highest BCUT2D eigenvalue weighted by Crippen LogP contribution is 2.36. The molecule has 0 aromatic heterocycles. The summed E-state index contributed by atoms with van der Waals surface area (Å²) >= 11 is 0. The molecule has 2 fully saturated rings. The third-order valence-corrected chi connectivity index (χ3v) is 3.48. The van der Waals surface area contributed by atoms with E-state index in [9.17, 15) is 4.79 Å². The maximum atomic E-state index is 11.5. The predicted octanol–water partition coefficient (Wildman–Crippen LogP) is 1.18. The number of carbonyl (C=O) groups excluding carboxylic acids is 1. The quantitative estimate of drug-likeness (QED) is 0.724. The molecule has 1 spiro atoms. The highest BCUT2D eigenvalue weighted by atomic mass is 16.6. The van der Waals surface area contributed by atoms with Gasteiger partial charge in [-0.15, -0.1) is 0 Å². The Labute approximate surface area is 96.2 Å². The SMILES string of the molecule is COCC(=O)CC1CCOC2(CCOC2)C1. The van der Waals surface area contributed by atoms with Crippen molar-refractivity contribution >= 4 is 5.78 Å². The van der Waals surface area contributed by atoms with E-state index in [2.05, 4.69) is 0 Å². The lowest BCUT2D eigenvalue weighted by molar-refractivity contribution is -0.128. The Bertz CT molecular complexity index is 245. The van der Waals surface area contributed by atoms with Crippen LogP contribution in [0.25, 0.3) is 0 Å². The number of hydrogen-bond donors (Lipinski definition) is 0. The van der Waals surface area contributed by atoms with Gasteiger partial charge in [0.25, 0.3) is 0 Å². The molecule has 2 atom stereocenters. The van der Waals surface area contributed by atoms with Gasteiger partial charge in [0.1, 0.15) is 6.61 Å². The Morgan fingerprint density at radius 3 is 3.06 bits per heavy atom. The minimum absolute atomic E-state index is 0.0870. The van der Waals surface area contributed by atoms with Gasteiger partial charge in [-0.05, 0) is 18.8 Å². The number of Topliss-reactive ketones (excluding diaryl/α,β-unsaturated/α-hetero) is 1. The lowest BCUT2D eigenvalue weighted by atomic mass is 9.83. The first-order valence-corrected chi connectivity index (χ1v) is 5.96. The molecule has 2 unspecified atom stereocenters. The maximum Gasteiger partial charge on any atom is 0.158 e. The summed E-state index contributed by atoms with van der Waals surface area (Å²) in [6.07, 6.45) is 3.54. The third kappa shape index (κ3) is 2.81. The second kappa shape index (κ2) is 5.25. The van der Waals surface area contributed by atoms with Crippen LogP contribution >= 0.6 is 0 Å². The lowest BCUT2D eigenvalue weighted by Gasteiger charge is -2.36. The van der Waals surface area contributed by atoms with E-state index in [1.165, 1.54) is 0 Å². The first kappa shape index (κ1) is 12.0. The topological polar surface area (TPSA) is 44.8 Å². The van der Waals surface area contributed by atoms with E-state index >= 15 is 0 Å². The Balaban J connectivity index is 1.84. The van der Waals surface area contributed by atoms with Crippen molar-refractivity contribution < 1.29 is 19.0 Å². The first-order chi connectivity index (χ1) is 7.74. The molecule has 0 aromatic carbocycles. The number of hydrogen-bond acceptors (Lipinski definition) is 4. The molecule has 4 heteroatoms. The second-order valence-corrected chi connectivity index (χ2v) is 4.87. The van der Waals surface area contributed by atoms with E-state index < -0.39 is 0 Å². The zero-order valence-electron chi connectivity index (χ0n) is 9.87. The fraction of sp³-hybridized carbons (Fsp3) is 0.917. The van der Waals surface area contributed by atoms with Crippen molar-refractivity contribution in [3.05, 3.63) is 0 Å². The van der Waals surface area contributed by atoms with Crippen LogP contribution in [0.5, 0.6) is 0 Å². The predicted molar refractivity (Wildman–Crippen MR) is 58.3 cm³/mol. The smallest absolute Gasteiger partial charge is 0.158 e. The molecule has 2 aliphatic heterocycles. The first-order valence-electron chi connectivity index (χ1n) is 5.96. The molecule has 2 aliphatic rings. The number of carbonyl (C=O) groups is 1. The van der Waals surface area contributed by atoms with Crippen molar-refractivity contribution in [1.82, 2.24) is 0 Å². The monoisotopic (exact) mass is 228 g/mol. The Morgan fingerprint density at radius 1 is 1.50 bits per heavy atom. The van der Waals surface area contributed by atoms with Crippen molar-refractivity contribution in [3.63, 3.8) is 0 Å². The van der Waals surface area contributed by atoms with Crippen molar-refractivity contribution in [2.24, 2.45) is 5.92 Å². The molecular weight excluding hydrogens is 208 g/mol. The number of rotatable bonds is 4. The van der Waals surface area contributed by atoms with Gasteiger partial charge in [-0.2, -0.15) is 0 Å². The van der Waals surface area contributed by atoms with Gasteiger partial charge in [0, 0.05) is 33.2 Å². The van der Waals surface area contributed by atoms with Crippen molar-refractivity contribution in [3.8, 4) is 0 Å².